The lowest BCUT2D eigenvalue weighted by atomic mass is 9.87. The molecule has 1 fully saturated rings. The van der Waals surface area contributed by atoms with E-state index in [0.29, 0.717) is 24.5 Å². The summed E-state index contributed by atoms with van der Waals surface area (Å²) in [6.45, 7) is 1.20. The van der Waals surface area contributed by atoms with Crippen LogP contribution in [0.3, 0.4) is 0 Å². The topological polar surface area (TPSA) is 78.8 Å². The number of nitrogens with one attached hydrogen (secondary N) is 1. The van der Waals surface area contributed by atoms with E-state index in [-0.39, 0.29) is 22.8 Å². The summed E-state index contributed by atoms with van der Waals surface area (Å²) in [6.07, 6.45) is 4.73. The number of hydrogen-bond donors (Lipinski definition) is 1. The van der Waals surface area contributed by atoms with Gasteiger partial charge in [-0.1, -0.05) is 36.4 Å². The fourth-order valence-electron chi connectivity index (χ4n) is 4.89. The van der Waals surface area contributed by atoms with Crippen LogP contribution in [0.2, 0.25) is 0 Å². The average Bonchev–Trinajstić information content (AvgIpc) is 3.05. The minimum Gasteiger partial charge on any atom is -0.355 e. The number of amides is 1. The molecule has 0 aromatic heterocycles. The highest BCUT2D eigenvalue weighted by molar-refractivity contribution is 7.90. The Balaban J connectivity index is 1.33. The van der Waals surface area contributed by atoms with Crippen molar-refractivity contribution in [1.82, 2.24) is 10.2 Å². The van der Waals surface area contributed by atoms with Gasteiger partial charge in [0.15, 0.2) is 5.84 Å². The molecule has 1 aliphatic carbocycles. The van der Waals surface area contributed by atoms with Gasteiger partial charge in [-0.15, -0.1) is 4.40 Å². The number of carbonyl (C=O) groups is 1. The molecule has 156 valence electrons. The number of nitrogens with zero attached hydrogens (tertiary/aromatic N) is 2. The molecule has 2 aliphatic heterocycles. The smallest absolute Gasteiger partial charge is 0.285 e. The molecule has 3 aliphatic rings. The van der Waals surface area contributed by atoms with Gasteiger partial charge in [-0.3, -0.25) is 4.79 Å². The molecule has 0 bridgehead atoms. The zero-order chi connectivity index (χ0) is 20.7. The first-order valence-corrected chi connectivity index (χ1v) is 12.0. The fourth-order valence-corrected chi connectivity index (χ4v) is 6.12. The van der Waals surface area contributed by atoms with Crippen LogP contribution < -0.4 is 5.32 Å². The lowest BCUT2D eigenvalue weighted by Gasteiger charge is -2.35. The highest BCUT2D eigenvalue weighted by Gasteiger charge is 2.35. The van der Waals surface area contributed by atoms with E-state index in [1.807, 2.05) is 17.0 Å². The number of likely N-dealkylation sites (tertiary alicyclic amines) is 1. The van der Waals surface area contributed by atoms with E-state index in [1.165, 1.54) is 11.1 Å². The van der Waals surface area contributed by atoms with Gasteiger partial charge in [-0.05, 0) is 55.4 Å². The zero-order valence-corrected chi connectivity index (χ0v) is 17.6. The van der Waals surface area contributed by atoms with Crippen LogP contribution in [0.4, 0.5) is 0 Å². The van der Waals surface area contributed by atoms with E-state index in [9.17, 15) is 13.2 Å². The highest BCUT2D eigenvalue weighted by Crippen LogP contribution is 2.32. The van der Waals surface area contributed by atoms with Crippen LogP contribution in [-0.4, -0.2) is 38.2 Å². The molecule has 5 rings (SSSR count). The molecule has 2 aromatic carbocycles. The van der Waals surface area contributed by atoms with Crippen LogP contribution in [0.1, 0.15) is 48.4 Å². The molecule has 7 heteroatoms. The Bertz CT molecular complexity index is 1130. The van der Waals surface area contributed by atoms with Gasteiger partial charge in [-0.2, -0.15) is 8.42 Å². The predicted octanol–water partition coefficient (Wildman–Crippen LogP) is 3.04. The standard InChI is InChI=1S/C23H25N3O3S/c27-23(24-20-12-5-8-16-7-1-2-10-18(16)20)17-9-6-14-26(15-17)22-19-11-3-4-13-21(19)30(28,29)25-22/h1-4,7,10-11,13,17,20H,5-6,8-9,12,14-15H2,(H,24,27)/t17-,20+/m0/s1. The molecule has 0 unspecified atom stereocenters. The first-order valence-electron chi connectivity index (χ1n) is 10.6. The summed E-state index contributed by atoms with van der Waals surface area (Å²) in [4.78, 5) is 15.3. The van der Waals surface area contributed by atoms with Crippen LogP contribution in [0.25, 0.3) is 0 Å². The lowest BCUT2D eigenvalue weighted by Crippen LogP contribution is -2.46. The summed E-state index contributed by atoms with van der Waals surface area (Å²) in [5.74, 6) is 0.355. The number of rotatable bonds is 2. The number of sulfonamides is 1. The Morgan fingerprint density at radius 3 is 2.73 bits per heavy atom. The number of fused-ring (bicyclic) bond motifs is 2. The van der Waals surface area contributed by atoms with Gasteiger partial charge in [0.2, 0.25) is 5.91 Å². The summed E-state index contributed by atoms with van der Waals surface area (Å²) in [5.41, 5.74) is 3.19. The molecule has 1 N–H and O–H groups in total. The third kappa shape index (κ3) is 3.41. The first kappa shape index (κ1) is 19.3. The minimum absolute atomic E-state index is 0.0520. The number of benzene rings is 2. The van der Waals surface area contributed by atoms with Gasteiger partial charge < -0.3 is 10.2 Å². The third-order valence-corrected chi connectivity index (χ3v) is 7.72. The molecular formula is C23H25N3O3S. The van der Waals surface area contributed by atoms with Crippen molar-refractivity contribution in [3.63, 3.8) is 0 Å². The van der Waals surface area contributed by atoms with Crippen LogP contribution >= 0.6 is 0 Å². The number of amidine groups is 1. The number of hydrogen-bond acceptors (Lipinski definition) is 4. The Hall–Kier alpha value is -2.67. The largest absolute Gasteiger partial charge is 0.355 e. The van der Waals surface area contributed by atoms with Crippen molar-refractivity contribution in [3.8, 4) is 0 Å². The van der Waals surface area contributed by atoms with E-state index in [1.54, 1.807) is 18.2 Å². The Morgan fingerprint density at radius 1 is 1.03 bits per heavy atom. The molecule has 0 saturated carbocycles. The van der Waals surface area contributed by atoms with Crippen LogP contribution in [0.15, 0.2) is 57.8 Å². The quantitative estimate of drug-likeness (QED) is 0.805. The van der Waals surface area contributed by atoms with Gasteiger partial charge in [0.1, 0.15) is 4.90 Å². The van der Waals surface area contributed by atoms with E-state index in [0.717, 1.165) is 32.1 Å². The maximum Gasteiger partial charge on any atom is 0.285 e. The molecule has 2 heterocycles. The van der Waals surface area contributed by atoms with Crippen molar-refractivity contribution in [2.24, 2.45) is 10.3 Å². The SMILES string of the molecule is O=C(N[C@@H]1CCCc2ccccc21)[C@H]1CCCN(C2=NS(=O)(=O)c3ccccc32)C1. The summed E-state index contributed by atoms with van der Waals surface area (Å²) < 4.78 is 28.8. The second-order valence-corrected chi connectivity index (χ2v) is 9.90. The van der Waals surface area contributed by atoms with Crippen molar-refractivity contribution in [3.05, 3.63) is 65.2 Å². The van der Waals surface area contributed by atoms with Gasteiger partial charge in [0.25, 0.3) is 10.0 Å². The normalized spacial score (nSPS) is 24.5. The average molecular weight is 424 g/mol. The molecule has 6 nitrogen and oxygen atoms in total. The third-order valence-electron chi connectivity index (χ3n) is 6.39. The molecule has 30 heavy (non-hydrogen) atoms. The van der Waals surface area contributed by atoms with Crippen LogP contribution in [0.5, 0.6) is 0 Å². The van der Waals surface area contributed by atoms with E-state index in [2.05, 4.69) is 27.9 Å². The molecule has 1 amide bonds. The summed E-state index contributed by atoms with van der Waals surface area (Å²) in [6, 6.07) is 15.3. The van der Waals surface area contributed by atoms with Crippen LogP contribution in [-0.2, 0) is 21.2 Å². The minimum atomic E-state index is -3.65. The van der Waals surface area contributed by atoms with Crippen molar-refractivity contribution in [1.29, 1.82) is 0 Å². The molecular weight excluding hydrogens is 398 g/mol. The van der Waals surface area contributed by atoms with Crippen molar-refractivity contribution >= 4 is 21.8 Å². The van der Waals surface area contributed by atoms with E-state index in [4.69, 9.17) is 0 Å². The van der Waals surface area contributed by atoms with Gasteiger partial charge in [0.05, 0.1) is 12.0 Å². The highest BCUT2D eigenvalue weighted by atomic mass is 32.2. The summed E-state index contributed by atoms with van der Waals surface area (Å²) in [5, 5.41) is 3.27. The maximum absolute atomic E-state index is 13.1. The predicted molar refractivity (Wildman–Crippen MR) is 115 cm³/mol. The number of carbonyl (C=O) groups excluding carboxylic acids is 1. The molecule has 2 aromatic rings. The molecule has 1 saturated heterocycles. The molecule has 2 atom stereocenters. The van der Waals surface area contributed by atoms with Crippen molar-refractivity contribution in [2.45, 2.75) is 43.0 Å². The Morgan fingerprint density at radius 2 is 1.83 bits per heavy atom. The fraction of sp³-hybridized carbons (Fsp3) is 0.391. The first-order chi connectivity index (χ1) is 14.5. The second kappa shape index (κ2) is 7.54. The van der Waals surface area contributed by atoms with Gasteiger partial charge >= 0.3 is 0 Å². The van der Waals surface area contributed by atoms with Gasteiger partial charge in [0, 0.05) is 18.7 Å². The molecule has 0 radical (unpaired) electrons. The summed E-state index contributed by atoms with van der Waals surface area (Å²) >= 11 is 0. The number of aryl methyl sites for hydroxylation is 1. The van der Waals surface area contributed by atoms with E-state index >= 15 is 0 Å². The van der Waals surface area contributed by atoms with E-state index < -0.39 is 10.0 Å². The van der Waals surface area contributed by atoms with Crippen molar-refractivity contribution < 1.29 is 13.2 Å². The second-order valence-electron chi connectivity index (χ2n) is 8.32. The monoisotopic (exact) mass is 423 g/mol. The summed E-state index contributed by atoms with van der Waals surface area (Å²) in [7, 11) is -3.65. The Kier molecular flexibility index (Phi) is 4.85. The number of piperidine rings is 1. The maximum atomic E-state index is 13.1. The van der Waals surface area contributed by atoms with Crippen LogP contribution in [0, 0.1) is 5.92 Å². The van der Waals surface area contributed by atoms with Gasteiger partial charge in [-0.25, -0.2) is 0 Å². The molecule has 0 spiro atoms. The Labute approximate surface area is 177 Å². The zero-order valence-electron chi connectivity index (χ0n) is 16.8. The lowest BCUT2D eigenvalue weighted by molar-refractivity contribution is -0.127. The van der Waals surface area contributed by atoms with Crippen molar-refractivity contribution in [2.75, 3.05) is 13.1 Å².